The molecule has 0 aromatic carbocycles. The van der Waals surface area contributed by atoms with Crippen molar-refractivity contribution in [3.05, 3.63) is 158 Å². The zero-order chi connectivity index (χ0) is 72.5. The number of hydrogen-bond acceptors (Lipinski definition) is 8. The van der Waals surface area contributed by atoms with Crippen molar-refractivity contribution in [1.29, 1.82) is 0 Å². The van der Waals surface area contributed by atoms with Crippen LogP contribution in [0.4, 0.5) is 0 Å². The summed E-state index contributed by atoms with van der Waals surface area (Å²) in [6, 6.07) is 0. The molecule has 10 heteroatoms. The molecule has 2 unspecified atom stereocenters. The highest BCUT2D eigenvalue weighted by Gasteiger charge is 2.22. The van der Waals surface area contributed by atoms with E-state index in [-0.39, 0.29) is 32.0 Å². The third-order valence-corrected chi connectivity index (χ3v) is 18.5. The van der Waals surface area contributed by atoms with Crippen LogP contribution in [0.1, 0.15) is 348 Å². The van der Waals surface area contributed by atoms with Crippen molar-refractivity contribution in [3.8, 4) is 0 Å². The lowest BCUT2D eigenvalue weighted by molar-refractivity contribution is -0.870. The van der Waals surface area contributed by atoms with Crippen LogP contribution in [0.15, 0.2) is 158 Å². The molecule has 0 aliphatic heterocycles. The second kappa shape index (κ2) is 78.8. The summed E-state index contributed by atoms with van der Waals surface area (Å²) < 4.78 is 34.4. The van der Waals surface area contributed by atoms with Gasteiger partial charge in [0.1, 0.15) is 19.8 Å². The lowest BCUT2D eigenvalue weighted by atomic mass is 10.0. The number of quaternary nitrogens is 1. The van der Waals surface area contributed by atoms with Gasteiger partial charge < -0.3 is 27.9 Å². The van der Waals surface area contributed by atoms with Crippen molar-refractivity contribution in [2.24, 2.45) is 0 Å². The maximum Gasteiger partial charge on any atom is 0.306 e. The first-order valence-corrected chi connectivity index (χ1v) is 42.7. The van der Waals surface area contributed by atoms with E-state index in [9.17, 15) is 19.0 Å². The Kier molecular flexibility index (Phi) is 75.3. The molecule has 0 aromatic heterocycles. The van der Waals surface area contributed by atoms with Gasteiger partial charge in [-0.2, -0.15) is 0 Å². The molecule has 0 saturated carbocycles. The van der Waals surface area contributed by atoms with Crippen LogP contribution < -0.4 is 4.89 Å². The Balaban J connectivity index is 4.07. The van der Waals surface area contributed by atoms with E-state index >= 15 is 0 Å². The second-order valence-corrected chi connectivity index (χ2v) is 29.8. The number of ether oxygens (including phenoxy) is 2. The summed E-state index contributed by atoms with van der Waals surface area (Å²) in [5.41, 5.74) is 0. The standard InChI is InChI=1S/C90H154NO8P/c1-6-8-10-12-14-16-18-20-22-24-26-28-30-32-34-36-38-40-42-43-44-45-46-47-49-51-53-55-57-59-61-63-65-67-69-71-73-75-77-79-81-83-90(93)99-88(87-98-100(94,95)97-85-84-91(3,4)5)86-96-89(92)82-80-78-76-74-72-70-68-66-64-62-60-58-56-54-52-50-48-41-39-37-35-33-31-29-27-25-23-21-19-17-15-13-11-9-7-2/h8,10,14,16,20,22,25-28,32,34,38,40,43-44,46-47,51,53,57,59,63,65,69,71,88H,6-7,9,11-13,15,17-19,21,23-24,29-31,33,35-37,39,41-42,45,48-50,52,54-56,58,60-62,64,66-68,70,72-87H2,1-5H3/b10-8-,16-14-,22-20-,27-25-,28-26-,34-32-,40-38-,44-43-,47-46-,53-51-,59-57-,65-63-,71-69-. The van der Waals surface area contributed by atoms with Crippen LogP contribution in [-0.4, -0.2) is 70.0 Å². The number of allylic oxidation sites excluding steroid dienone is 26. The molecule has 100 heavy (non-hydrogen) atoms. The number of hydrogen-bond donors (Lipinski definition) is 0. The first kappa shape index (κ1) is 95.6. The molecule has 0 heterocycles. The monoisotopic (exact) mass is 1410 g/mol. The van der Waals surface area contributed by atoms with Gasteiger partial charge in [-0.1, -0.05) is 364 Å². The van der Waals surface area contributed by atoms with Gasteiger partial charge in [0, 0.05) is 12.8 Å². The number of phosphoric acid groups is 1. The Bertz CT molecular complexity index is 2250. The van der Waals surface area contributed by atoms with Crippen LogP contribution in [-0.2, 0) is 32.7 Å². The third kappa shape index (κ3) is 82.6. The molecule has 0 fully saturated rings. The van der Waals surface area contributed by atoms with Crippen LogP contribution in [0.5, 0.6) is 0 Å². The van der Waals surface area contributed by atoms with Gasteiger partial charge in [-0.25, -0.2) is 0 Å². The Morgan fingerprint density at radius 2 is 0.570 bits per heavy atom. The summed E-state index contributed by atoms with van der Waals surface area (Å²) in [5, 5.41) is 0. The fourth-order valence-electron chi connectivity index (χ4n) is 11.3. The van der Waals surface area contributed by atoms with Crippen molar-refractivity contribution < 1.29 is 42.1 Å². The zero-order valence-electron chi connectivity index (χ0n) is 65.3. The number of likely N-dealkylation sites (N-methyl/N-ethyl adjacent to an activating group) is 1. The number of phosphoric ester groups is 1. The molecule has 0 saturated heterocycles. The Morgan fingerprint density at radius 1 is 0.320 bits per heavy atom. The highest BCUT2D eigenvalue weighted by atomic mass is 31.2. The minimum atomic E-state index is -4.66. The molecule has 0 aliphatic rings. The summed E-state index contributed by atoms with van der Waals surface area (Å²) in [6.45, 7) is 4.12. The summed E-state index contributed by atoms with van der Waals surface area (Å²) in [6.07, 6.45) is 118. The van der Waals surface area contributed by atoms with E-state index in [1.54, 1.807) is 0 Å². The molecule has 0 spiro atoms. The maximum atomic E-state index is 12.9. The van der Waals surface area contributed by atoms with Gasteiger partial charge in [0.2, 0.25) is 0 Å². The smallest absolute Gasteiger partial charge is 0.306 e. The van der Waals surface area contributed by atoms with E-state index in [0.717, 1.165) is 122 Å². The van der Waals surface area contributed by atoms with Crippen molar-refractivity contribution in [1.82, 2.24) is 0 Å². The number of esters is 2. The Hall–Kier alpha value is -4.37. The third-order valence-electron chi connectivity index (χ3n) is 17.5. The van der Waals surface area contributed by atoms with Gasteiger partial charge in [0.25, 0.3) is 7.82 Å². The summed E-state index contributed by atoms with van der Waals surface area (Å²) >= 11 is 0. The largest absolute Gasteiger partial charge is 0.756 e. The molecule has 0 aliphatic carbocycles. The fraction of sp³-hybridized carbons (Fsp3) is 0.689. The number of nitrogens with zero attached hydrogens (tertiary/aromatic N) is 1. The van der Waals surface area contributed by atoms with Gasteiger partial charge in [-0.3, -0.25) is 14.2 Å². The lowest BCUT2D eigenvalue weighted by Gasteiger charge is -2.28. The van der Waals surface area contributed by atoms with Gasteiger partial charge in [0.05, 0.1) is 27.7 Å². The molecule has 0 amide bonds. The molecule has 2 atom stereocenters. The van der Waals surface area contributed by atoms with E-state index in [2.05, 4.69) is 172 Å². The van der Waals surface area contributed by atoms with Gasteiger partial charge in [0.15, 0.2) is 6.10 Å². The molecule has 0 bridgehead atoms. The van der Waals surface area contributed by atoms with Crippen LogP contribution in [0, 0.1) is 0 Å². The summed E-state index contributed by atoms with van der Waals surface area (Å²) in [7, 11) is 1.14. The highest BCUT2D eigenvalue weighted by Crippen LogP contribution is 2.38. The highest BCUT2D eigenvalue weighted by molar-refractivity contribution is 7.45. The van der Waals surface area contributed by atoms with Gasteiger partial charge in [-0.15, -0.1) is 0 Å². The van der Waals surface area contributed by atoms with Crippen molar-refractivity contribution in [3.63, 3.8) is 0 Å². The van der Waals surface area contributed by atoms with E-state index < -0.39 is 26.5 Å². The predicted molar refractivity (Wildman–Crippen MR) is 434 cm³/mol. The van der Waals surface area contributed by atoms with Crippen LogP contribution in [0.3, 0.4) is 0 Å². The molecule has 0 N–H and O–H groups in total. The normalized spacial score (nSPS) is 13.9. The van der Waals surface area contributed by atoms with Crippen LogP contribution >= 0.6 is 7.82 Å². The van der Waals surface area contributed by atoms with E-state index in [4.69, 9.17) is 18.5 Å². The summed E-state index contributed by atoms with van der Waals surface area (Å²) in [4.78, 5) is 38.2. The molecule has 9 nitrogen and oxygen atoms in total. The lowest BCUT2D eigenvalue weighted by Crippen LogP contribution is -2.37. The minimum Gasteiger partial charge on any atom is -0.756 e. The van der Waals surface area contributed by atoms with E-state index in [1.807, 2.05) is 21.1 Å². The topological polar surface area (TPSA) is 111 Å². The van der Waals surface area contributed by atoms with Crippen molar-refractivity contribution in [2.75, 3.05) is 47.5 Å². The number of carbonyl (C=O) groups excluding carboxylic acids is 2. The summed E-state index contributed by atoms with van der Waals surface area (Å²) in [5.74, 6) is -0.860. The Labute approximate surface area is 617 Å². The van der Waals surface area contributed by atoms with Crippen LogP contribution in [0.2, 0.25) is 0 Å². The first-order chi connectivity index (χ1) is 49.0. The average molecular weight is 1410 g/mol. The molecule has 0 aromatic rings. The average Bonchev–Trinajstić information content (AvgIpc) is 1.30. The molecular formula is C90H154NO8P. The Morgan fingerprint density at radius 3 is 0.860 bits per heavy atom. The van der Waals surface area contributed by atoms with Gasteiger partial charge >= 0.3 is 11.9 Å². The second-order valence-electron chi connectivity index (χ2n) is 28.4. The van der Waals surface area contributed by atoms with Gasteiger partial charge in [-0.05, 0) is 128 Å². The maximum absolute atomic E-state index is 12.9. The molecule has 0 rings (SSSR count). The van der Waals surface area contributed by atoms with Crippen molar-refractivity contribution >= 4 is 19.8 Å². The number of carbonyl (C=O) groups is 2. The quantitative estimate of drug-likeness (QED) is 0.0195. The number of unbranched alkanes of at least 4 members (excludes halogenated alkanes) is 35. The van der Waals surface area contributed by atoms with Crippen LogP contribution in [0.25, 0.3) is 0 Å². The SMILES string of the molecule is CC/C=C\C/C=C\C/C=C\C/C=C\C/C=C\C/C=C\C/C=C\C/C=C\C/C=C\C/C=C\C/C=C\C/C=C\CCCCCCC(=O)OC(COC(=O)CCCCCCCCCCCCCCCCCCCCCCCCC/C=C\CCCCCCCCCC)COP(=O)([O-])OCC[N+](C)(C)C. The van der Waals surface area contributed by atoms with E-state index in [0.29, 0.717) is 17.4 Å². The minimum absolute atomic E-state index is 0.0424. The molecular weight excluding hydrogens is 1250 g/mol. The molecule has 572 valence electrons. The van der Waals surface area contributed by atoms with Crippen molar-refractivity contribution in [2.45, 2.75) is 354 Å². The molecule has 0 radical (unpaired) electrons. The predicted octanol–water partition coefficient (Wildman–Crippen LogP) is 27.2. The van der Waals surface area contributed by atoms with E-state index in [1.165, 1.54) is 193 Å². The fourth-order valence-corrected chi connectivity index (χ4v) is 12.0. The number of rotatable bonds is 75. The zero-order valence-corrected chi connectivity index (χ0v) is 66.2. The first-order valence-electron chi connectivity index (χ1n) is 41.2.